The summed E-state index contributed by atoms with van der Waals surface area (Å²) >= 11 is 0. The van der Waals surface area contributed by atoms with E-state index in [1.807, 2.05) is 0 Å². The third kappa shape index (κ3) is 3.75. The van der Waals surface area contributed by atoms with Gasteiger partial charge in [0.05, 0.1) is 5.56 Å². The SMILES string of the molecule is CC(OC(=O)c1ccc2c(c1)CCC(=O)N2)C(=O)NC1CCCC1. The summed E-state index contributed by atoms with van der Waals surface area (Å²) in [7, 11) is 0. The average Bonchev–Trinajstić information content (AvgIpc) is 3.07. The van der Waals surface area contributed by atoms with Gasteiger partial charge in [-0.2, -0.15) is 0 Å². The highest BCUT2D eigenvalue weighted by Crippen LogP contribution is 2.24. The Labute approximate surface area is 140 Å². The smallest absolute Gasteiger partial charge is 0.338 e. The Balaban J connectivity index is 1.59. The van der Waals surface area contributed by atoms with E-state index in [1.165, 1.54) is 0 Å². The molecule has 6 nitrogen and oxygen atoms in total. The molecule has 0 aromatic heterocycles. The van der Waals surface area contributed by atoms with Crippen molar-refractivity contribution in [2.45, 2.75) is 57.6 Å². The summed E-state index contributed by atoms with van der Waals surface area (Å²) in [5.74, 6) is -0.792. The lowest BCUT2D eigenvalue weighted by atomic mass is 10.0. The van der Waals surface area contributed by atoms with Gasteiger partial charge in [-0.25, -0.2) is 4.79 Å². The summed E-state index contributed by atoms with van der Waals surface area (Å²) in [4.78, 5) is 35.7. The van der Waals surface area contributed by atoms with Crippen LogP contribution in [-0.2, 0) is 20.7 Å². The van der Waals surface area contributed by atoms with Crippen molar-refractivity contribution in [3.05, 3.63) is 29.3 Å². The zero-order valence-electron chi connectivity index (χ0n) is 13.8. The molecule has 24 heavy (non-hydrogen) atoms. The number of amides is 2. The van der Waals surface area contributed by atoms with Gasteiger partial charge >= 0.3 is 5.97 Å². The van der Waals surface area contributed by atoms with Gasteiger partial charge in [-0.05, 0) is 49.9 Å². The van der Waals surface area contributed by atoms with E-state index < -0.39 is 12.1 Å². The quantitative estimate of drug-likeness (QED) is 0.829. The van der Waals surface area contributed by atoms with Crippen LogP contribution in [0.5, 0.6) is 0 Å². The predicted octanol–water partition coefficient (Wildman–Crippen LogP) is 2.18. The monoisotopic (exact) mass is 330 g/mol. The Morgan fingerprint density at radius 1 is 1.25 bits per heavy atom. The molecule has 0 radical (unpaired) electrons. The first-order chi connectivity index (χ1) is 11.5. The zero-order chi connectivity index (χ0) is 17.1. The van der Waals surface area contributed by atoms with Crippen LogP contribution in [0.2, 0.25) is 0 Å². The Morgan fingerprint density at radius 2 is 2.00 bits per heavy atom. The fraction of sp³-hybridized carbons (Fsp3) is 0.500. The summed E-state index contributed by atoms with van der Waals surface area (Å²) in [5.41, 5.74) is 2.03. The van der Waals surface area contributed by atoms with Crippen molar-refractivity contribution >= 4 is 23.5 Å². The van der Waals surface area contributed by atoms with Crippen molar-refractivity contribution < 1.29 is 19.1 Å². The molecule has 1 fully saturated rings. The molecule has 128 valence electrons. The third-order valence-electron chi connectivity index (χ3n) is 4.59. The van der Waals surface area contributed by atoms with Crippen molar-refractivity contribution in [2.24, 2.45) is 0 Å². The minimum Gasteiger partial charge on any atom is -0.449 e. The molecule has 2 aliphatic rings. The Kier molecular flexibility index (Phi) is 4.83. The van der Waals surface area contributed by atoms with Crippen molar-refractivity contribution in [1.82, 2.24) is 5.32 Å². The van der Waals surface area contributed by atoms with Crippen LogP contribution in [0.25, 0.3) is 0 Å². The van der Waals surface area contributed by atoms with Gasteiger partial charge in [0.1, 0.15) is 0 Å². The second-order valence-electron chi connectivity index (χ2n) is 6.46. The molecule has 1 aliphatic carbocycles. The number of hydrogen-bond acceptors (Lipinski definition) is 4. The third-order valence-corrected chi connectivity index (χ3v) is 4.59. The molecular weight excluding hydrogens is 308 g/mol. The fourth-order valence-electron chi connectivity index (χ4n) is 3.18. The maximum absolute atomic E-state index is 12.3. The van der Waals surface area contributed by atoms with E-state index in [1.54, 1.807) is 25.1 Å². The van der Waals surface area contributed by atoms with Gasteiger partial charge in [-0.3, -0.25) is 9.59 Å². The molecule has 0 bridgehead atoms. The van der Waals surface area contributed by atoms with Gasteiger partial charge in [0.25, 0.3) is 5.91 Å². The number of carbonyl (C=O) groups excluding carboxylic acids is 3. The molecule has 0 saturated heterocycles. The highest BCUT2D eigenvalue weighted by atomic mass is 16.5. The molecule has 2 N–H and O–H groups in total. The van der Waals surface area contributed by atoms with E-state index in [0.29, 0.717) is 18.4 Å². The number of benzene rings is 1. The molecule has 1 heterocycles. The highest BCUT2D eigenvalue weighted by molar-refractivity contribution is 5.96. The molecule has 1 aliphatic heterocycles. The molecule has 3 rings (SSSR count). The van der Waals surface area contributed by atoms with Gasteiger partial charge in [-0.15, -0.1) is 0 Å². The molecule has 1 saturated carbocycles. The largest absolute Gasteiger partial charge is 0.449 e. The minimum atomic E-state index is -0.825. The first-order valence-corrected chi connectivity index (χ1v) is 8.47. The molecule has 2 amide bonds. The van der Waals surface area contributed by atoms with E-state index >= 15 is 0 Å². The van der Waals surface area contributed by atoms with Gasteiger partial charge in [0.2, 0.25) is 5.91 Å². The second kappa shape index (κ2) is 7.03. The van der Waals surface area contributed by atoms with E-state index in [9.17, 15) is 14.4 Å². The molecule has 1 unspecified atom stereocenters. The summed E-state index contributed by atoms with van der Waals surface area (Å²) in [6, 6.07) is 5.23. The average molecular weight is 330 g/mol. The summed E-state index contributed by atoms with van der Waals surface area (Å²) in [5, 5.41) is 5.70. The van der Waals surface area contributed by atoms with Gasteiger partial charge in [0.15, 0.2) is 6.10 Å². The Hall–Kier alpha value is -2.37. The number of ether oxygens (including phenoxy) is 1. The van der Waals surface area contributed by atoms with Crippen molar-refractivity contribution in [3.8, 4) is 0 Å². The molecule has 0 spiro atoms. The van der Waals surface area contributed by atoms with Crippen LogP contribution in [-0.4, -0.2) is 29.9 Å². The predicted molar refractivity (Wildman–Crippen MR) is 88.7 cm³/mol. The number of nitrogens with one attached hydrogen (secondary N) is 2. The van der Waals surface area contributed by atoms with E-state index in [4.69, 9.17) is 4.74 Å². The lowest BCUT2D eigenvalue weighted by Crippen LogP contribution is -2.40. The van der Waals surface area contributed by atoms with Crippen LogP contribution in [0.4, 0.5) is 5.69 Å². The normalized spacial score (nSPS) is 18.5. The maximum atomic E-state index is 12.3. The first kappa shape index (κ1) is 16.5. The number of esters is 1. The van der Waals surface area contributed by atoms with Crippen molar-refractivity contribution in [3.63, 3.8) is 0 Å². The summed E-state index contributed by atoms with van der Waals surface area (Å²) < 4.78 is 5.28. The second-order valence-corrected chi connectivity index (χ2v) is 6.46. The van der Waals surface area contributed by atoms with Crippen molar-refractivity contribution in [2.75, 3.05) is 5.32 Å². The molecule has 1 aromatic carbocycles. The molecule has 1 aromatic rings. The summed E-state index contributed by atoms with van der Waals surface area (Å²) in [6.07, 6.45) is 4.42. The molecular formula is C18H22N2O4. The lowest BCUT2D eigenvalue weighted by Gasteiger charge is -2.19. The zero-order valence-corrected chi connectivity index (χ0v) is 13.8. The van der Waals surface area contributed by atoms with Gasteiger partial charge in [-0.1, -0.05) is 12.8 Å². The van der Waals surface area contributed by atoms with Crippen LogP contribution >= 0.6 is 0 Å². The van der Waals surface area contributed by atoms with E-state index in [0.717, 1.165) is 36.9 Å². The first-order valence-electron chi connectivity index (χ1n) is 8.47. The Morgan fingerprint density at radius 3 is 2.75 bits per heavy atom. The van der Waals surface area contributed by atoms with Crippen molar-refractivity contribution in [1.29, 1.82) is 0 Å². The van der Waals surface area contributed by atoms with Crippen LogP contribution in [0, 0.1) is 0 Å². The fourth-order valence-corrected chi connectivity index (χ4v) is 3.18. The number of hydrogen-bond donors (Lipinski definition) is 2. The lowest BCUT2D eigenvalue weighted by molar-refractivity contribution is -0.129. The summed E-state index contributed by atoms with van der Waals surface area (Å²) in [6.45, 7) is 1.58. The number of rotatable bonds is 4. The molecule has 1 atom stereocenters. The Bertz CT molecular complexity index is 665. The van der Waals surface area contributed by atoms with Crippen LogP contribution in [0.1, 0.15) is 54.9 Å². The standard InChI is InChI=1S/C18H22N2O4/c1-11(17(22)19-14-4-2-3-5-14)24-18(23)13-6-8-15-12(10-13)7-9-16(21)20-15/h6,8,10-11,14H,2-5,7,9H2,1H3,(H,19,22)(H,20,21). The maximum Gasteiger partial charge on any atom is 0.338 e. The van der Waals surface area contributed by atoms with Crippen LogP contribution < -0.4 is 10.6 Å². The van der Waals surface area contributed by atoms with Gasteiger partial charge < -0.3 is 15.4 Å². The number of carbonyl (C=O) groups is 3. The number of anilines is 1. The van der Waals surface area contributed by atoms with E-state index in [-0.39, 0.29) is 17.9 Å². The van der Waals surface area contributed by atoms with Crippen LogP contribution in [0.15, 0.2) is 18.2 Å². The highest BCUT2D eigenvalue weighted by Gasteiger charge is 2.24. The molecule has 6 heteroatoms. The topological polar surface area (TPSA) is 84.5 Å². The number of fused-ring (bicyclic) bond motifs is 1. The number of aryl methyl sites for hydroxylation is 1. The minimum absolute atomic E-state index is 0.0185. The van der Waals surface area contributed by atoms with E-state index in [2.05, 4.69) is 10.6 Å². The van der Waals surface area contributed by atoms with Crippen LogP contribution in [0.3, 0.4) is 0 Å². The van der Waals surface area contributed by atoms with Gasteiger partial charge in [0, 0.05) is 18.2 Å².